The number of benzene rings is 2. The Hall–Kier alpha value is -3.17. The molecule has 3 aromatic rings. The second kappa shape index (κ2) is 12.4. The van der Waals surface area contributed by atoms with Crippen molar-refractivity contribution >= 4 is 16.9 Å². The van der Waals surface area contributed by atoms with Crippen LogP contribution in [0, 0.1) is 0 Å². The van der Waals surface area contributed by atoms with E-state index in [0.717, 1.165) is 81.3 Å². The Morgan fingerprint density at radius 2 is 1.83 bits per heavy atom. The molecule has 3 heterocycles. The van der Waals surface area contributed by atoms with Crippen molar-refractivity contribution in [2.24, 2.45) is 0 Å². The third kappa shape index (κ3) is 6.21. The number of nitrogens with zero attached hydrogens (tertiary/aromatic N) is 2. The van der Waals surface area contributed by atoms with Crippen LogP contribution in [0.3, 0.4) is 0 Å². The van der Waals surface area contributed by atoms with Gasteiger partial charge < -0.3 is 19.3 Å². The molecule has 0 saturated carbocycles. The fraction of sp³-hybridized carbons (Fsp3) is 0.500. The molecule has 0 radical (unpaired) electrons. The standard InChI is InChI=1S/C32H39F3N3O3/c1-3-18-41-25-10-11-26-28(20-25)37-30(22-8-7-9-23(19-22)32(33,34)35)27(29(26)31(39)40-2)21-38(16-5-4-6-17-38)24-12-14-36-15-13-24/h7-11,19-20,24,36H,3-6,12-18,21H2,1-2H3/q+1. The van der Waals surface area contributed by atoms with Gasteiger partial charge in [0.05, 0.1) is 55.2 Å². The molecule has 5 rings (SSSR count). The molecule has 0 aliphatic carbocycles. The van der Waals surface area contributed by atoms with Crippen LogP contribution in [-0.2, 0) is 17.5 Å². The predicted octanol–water partition coefficient (Wildman–Crippen LogP) is 6.75. The number of aromatic nitrogens is 1. The topological polar surface area (TPSA) is 60.5 Å². The van der Waals surface area contributed by atoms with E-state index in [1.54, 1.807) is 12.1 Å². The van der Waals surface area contributed by atoms with Crippen molar-refractivity contribution in [3.8, 4) is 17.0 Å². The third-order valence-corrected chi connectivity index (χ3v) is 8.65. The van der Waals surface area contributed by atoms with E-state index in [1.807, 2.05) is 19.1 Å². The van der Waals surface area contributed by atoms with Crippen molar-refractivity contribution in [3.63, 3.8) is 0 Å². The summed E-state index contributed by atoms with van der Waals surface area (Å²) >= 11 is 0. The lowest BCUT2D eigenvalue weighted by molar-refractivity contribution is -0.968. The normalized spacial score (nSPS) is 17.9. The average Bonchev–Trinajstić information content (AvgIpc) is 2.99. The molecule has 2 aliphatic rings. The maximum atomic E-state index is 13.8. The summed E-state index contributed by atoms with van der Waals surface area (Å²) in [6.45, 7) is 6.84. The Morgan fingerprint density at radius 1 is 1.07 bits per heavy atom. The van der Waals surface area contributed by atoms with Crippen molar-refractivity contribution in [2.75, 3.05) is 39.9 Å². The molecule has 2 saturated heterocycles. The highest BCUT2D eigenvalue weighted by Gasteiger charge is 2.41. The highest BCUT2D eigenvalue weighted by atomic mass is 19.4. The molecular formula is C32H39F3N3O3+. The highest BCUT2D eigenvalue weighted by Crippen LogP contribution is 2.39. The van der Waals surface area contributed by atoms with E-state index < -0.39 is 17.7 Å². The van der Waals surface area contributed by atoms with Gasteiger partial charge in [0.15, 0.2) is 0 Å². The van der Waals surface area contributed by atoms with E-state index in [-0.39, 0.29) is 0 Å². The number of nitrogens with one attached hydrogen (secondary N) is 1. The molecule has 0 bridgehead atoms. The fourth-order valence-corrected chi connectivity index (χ4v) is 6.63. The van der Waals surface area contributed by atoms with Crippen LogP contribution in [0.4, 0.5) is 13.2 Å². The number of halogens is 3. The predicted molar refractivity (Wildman–Crippen MR) is 153 cm³/mol. The van der Waals surface area contributed by atoms with Gasteiger partial charge in [-0.25, -0.2) is 9.78 Å². The minimum absolute atomic E-state index is 0.335. The summed E-state index contributed by atoms with van der Waals surface area (Å²) in [5.74, 6) is 0.0861. The Kier molecular flexibility index (Phi) is 8.85. The molecule has 0 unspecified atom stereocenters. The van der Waals surface area contributed by atoms with Crippen LogP contribution in [-0.4, -0.2) is 61.4 Å². The third-order valence-electron chi connectivity index (χ3n) is 8.65. The summed E-state index contributed by atoms with van der Waals surface area (Å²) in [5.41, 5.74) is 1.51. The van der Waals surface area contributed by atoms with Crippen LogP contribution in [0.5, 0.6) is 5.75 Å². The minimum atomic E-state index is -4.50. The number of carbonyl (C=O) groups is 1. The van der Waals surface area contributed by atoms with Crippen molar-refractivity contribution < 1.29 is 31.9 Å². The zero-order chi connectivity index (χ0) is 29.0. The quantitative estimate of drug-likeness (QED) is 0.240. The maximum absolute atomic E-state index is 13.8. The van der Waals surface area contributed by atoms with Crippen LogP contribution >= 0.6 is 0 Å². The van der Waals surface area contributed by atoms with Crippen molar-refractivity contribution in [2.45, 2.75) is 64.2 Å². The van der Waals surface area contributed by atoms with Gasteiger partial charge in [-0.15, -0.1) is 0 Å². The van der Waals surface area contributed by atoms with Gasteiger partial charge in [-0.1, -0.05) is 19.1 Å². The molecule has 0 amide bonds. The molecule has 2 fully saturated rings. The molecule has 2 aromatic carbocycles. The summed E-state index contributed by atoms with van der Waals surface area (Å²) < 4.78 is 53.4. The number of ether oxygens (including phenoxy) is 2. The number of piperidine rings is 2. The first-order valence-corrected chi connectivity index (χ1v) is 14.7. The number of likely N-dealkylation sites (tertiary alicyclic amines) is 1. The van der Waals surface area contributed by atoms with Crippen LogP contribution in [0.1, 0.15) is 66.9 Å². The molecule has 1 N–H and O–H groups in total. The van der Waals surface area contributed by atoms with E-state index in [2.05, 4.69) is 5.32 Å². The SMILES string of the molecule is CCCOc1ccc2c(C(=O)OC)c(C[N+]3(C4CCNCC4)CCCCC3)c(-c3cccc(C(F)(F)F)c3)nc2c1. The first-order valence-electron chi connectivity index (χ1n) is 14.7. The summed E-state index contributed by atoms with van der Waals surface area (Å²) in [6.07, 6.45) is 1.67. The van der Waals surface area contributed by atoms with Crippen molar-refractivity contribution in [3.05, 3.63) is 59.2 Å². The van der Waals surface area contributed by atoms with E-state index in [9.17, 15) is 18.0 Å². The summed E-state index contributed by atoms with van der Waals surface area (Å²) in [5, 5.41) is 4.08. The summed E-state index contributed by atoms with van der Waals surface area (Å²) in [6, 6.07) is 11.1. The lowest BCUT2D eigenvalue weighted by Gasteiger charge is -2.49. The Bertz CT molecular complexity index is 1380. The lowest BCUT2D eigenvalue weighted by Crippen LogP contribution is -2.60. The summed E-state index contributed by atoms with van der Waals surface area (Å²) in [4.78, 5) is 18.5. The smallest absolute Gasteiger partial charge is 0.416 e. The number of pyridine rings is 1. The Morgan fingerprint density at radius 3 is 2.51 bits per heavy atom. The van der Waals surface area contributed by atoms with E-state index in [0.29, 0.717) is 58.2 Å². The zero-order valence-electron chi connectivity index (χ0n) is 23.9. The number of hydrogen-bond acceptors (Lipinski definition) is 5. The van der Waals surface area contributed by atoms with E-state index in [1.165, 1.54) is 13.2 Å². The van der Waals surface area contributed by atoms with Crippen LogP contribution in [0.25, 0.3) is 22.2 Å². The molecule has 9 heteroatoms. The molecule has 220 valence electrons. The maximum Gasteiger partial charge on any atom is 0.416 e. The number of hydrogen-bond donors (Lipinski definition) is 1. The number of alkyl halides is 3. The van der Waals surface area contributed by atoms with Gasteiger partial charge in [0.1, 0.15) is 12.3 Å². The number of esters is 1. The first-order chi connectivity index (χ1) is 19.8. The lowest BCUT2D eigenvalue weighted by atomic mass is 9.90. The molecule has 1 aromatic heterocycles. The Balaban J connectivity index is 1.76. The van der Waals surface area contributed by atoms with Gasteiger partial charge in [0.2, 0.25) is 0 Å². The number of quaternary nitrogens is 1. The van der Waals surface area contributed by atoms with Gasteiger partial charge in [-0.2, -0.15) is 13.2 Å². The fourth-order valence-electron chi connectivity index (χ4n) is 6.63. The first kappa shape index (κ1) is 29.3. The molecule has 2 aliphatic heterocycles. The van der Waals surface area contributed by atoms with Gasteiger partial charge in [0, 0.05) is 48.5 Å². The van der Waals surface area contributed by atoms with Gasteiger partial charge in [-0.3, -0.25) is 0 Å². The molecule has 0 atom stereocenters. The van der Waals surface area contributed by atoms with Crippen LogP contribution < -0.4 is 10.1 Å². The molecule has 41 heavy (non-hydrogen) atoms. The second-order valence-electron chi connectivity index (χ2n) is 11.3. The van der Waals surface area contributed by atoms with Gasteiger partial charge in [-0.05, 0) is 49.9 Å². The zero-order valence-corrected chi connectivity index (χ0v) is 23.9. The monoisotopic (exact) mass is 570 g/mol. The largest absolute Gasteiger partial charge is 0.494 e. The highest BCUT2D eigenvalue weighted by molar-refractivity contribution is 6.06. The number of methoxy groups -OCH3 is 1. The number of rotatable bonds is 8. The van der Waals surface area contributed by atoms with E-state index in [4.69, 9.17) is 14.5 Å². The van der Waals surface area contributed by atoms with E-state index >= 15 is 0 Å². The average molecular weight is 571 g/mol. The minimum Gasteiger partial charge on any atom is -0.494 e. The van der Waals surface area contributed by atoms with Crippen molar-refractivity contribution in [1.82, 2.24) is 10.3 Å². The molecular weight excluding hydrogens is 531 g/mol. The van der Waals surface area contributed by atoms with Crippen LogP contribution in [0.2, 0.25) is 0 Å². The second-order valence-corrected chi connectivity index (χ2v) is 11.3. The summed E-state index contributed by atoms with van der Waals surface area (Å²) in [7, 11) is 1.35. The van der Waals surface area contributed by atoms with Crippen molar-refractivity contribution in [1.29, 1.82) is 0 Å². The molecule has 6 nitrogen and oxygen atoms in total. The molecule has 0 spiro atoms. The Labute approximate surface area is 239 Å². The van der Waals surface area contributed by atoms with Gasteiger partial charge >= 0.3 is 12.1 Å². The van der Waals surface area contributed by atoms with Crippen LogP contribution in [0.15, 0.2) is 42.5 Å². The number of fused-ring (bicyclic) bond motifs is 1. The number of carbonyl (C=O) groups excluding carboxylic acids is 1. The van der Waals surface area contributed by atoms with Gasteiger partial charge in [0.25, 0.3) is 0 Å².